The maximum absolute atomic E-state index is 14.7. The van der Waals surface area contributed by atoms with Crippen LogP contribution in [-0.4, -0.2) is 40.6 Å². The Morgan fingerprint density at radius 2 is 2.23 bits per heavy atom. The van der Waals surface area contributed by atoms with E-state index in [9.17, 15) is 19.1 Å². The van der Waals surface area contributed by atoms with Crippen molar-refractivity contribution in [2.45, 2.75) is 18.3 Å². The normalized spacial score (nSPS) is 23.5. The molecule has 0 spiro atoms. The van der Waals surface area contributed by atoms with Crippen molar-refractivity contribution in [1.29, 1.82) is 0 Å². The van der Waals surface area contributed by atoms with Crippen molar-refractivity contribution in [2.24, 2.45) is 0 Å². The molecule has 3 aromatic rings. The van der Waals surface area contributed by atoms with Crippen LogP contribution in [0.25, 0.3) is 11.0 Å². The van der Waals surface area contributed by atoms with Gasteiger partial charge in [-0.05, 0) is 23.8 Å². The lowest BCUT2D eigenvalue weighted by Crippen LogP contribution is -2.52. The van der Waals surface area contributed by atoms with Crippen molar-refractivity contribution >= 4 is 22.9 Å². The quantitative estimate of drug-likeness (QED) is 0.556. The van der Waals surface area contributed by atoms with E-state index in [2.05, 4.69) is 15.6 Å². The Hall–Kier alpha value is -3.50. The molecule has 1 unspecified atom stereocenters. The van der Waals surface area contributed by atoms with Crippen LogP contribution in [0, 0.1) is 5.82 Å². The van der Waals surface area contributed by atoms with E-state index in [0.717, 1.165) is 0 Å². The Balaban J connectivity index is 1.55. The van der Waals surface area contributed by atoms with Gasteiger partial charge >= 0.3 is 6.03 Å². The van der Waals surface area contributed by atoms with Gasteiger partial charge in [0.25, 0.3) is 5.91 Å². The third-order valence-electron chi connectivity index (χ3n) is 5.56. The highest BCUT2D eigenvalue weighted by atomic mass is 19.1. The average molecular weight is 412 g/mol. The molecule has 30 heavy (non-hydrogen) atoms. The van der Waals surface area contributed by atoms with Gasteiger partial charge < -0.3 is 19.6 Å². The topological polar surface area (TPSA) is 117 Å². The van der Waals surface area contributed by atoms with Crippen molar-refractivity contribution in [2.75, 3.05) is 13.7 Å². The molecule has 9 nitrogen and oxygen atoms in total. The summed E-state index contributed by atoms with van der Waals surface area (Å²) in [5.41, 5.74) is -0.501. The summed E-state index contributed by atoms with van der Waals surface area (Å²) in [6.45, 7) is 0.0273. The molecular weight excluding hydrogens is 395 g/mol. The van der Waals surface area contributed by atoms with Crippen LogP contribution in [0.15, 0.2) is 41.1 Å². The molecule has 3 N–H and O–H groups in total. The van der Waals surface area contributed by atoms with Crippen LogP contribution in [0.3, 0.4) is 0 Å². The number of rotatable bonds is 4. The number of fused-ring (bicyclic) bond motifs is 2. The second-order valence-electron chi connectivity index (χ2n) is 7.27. The first-order valence-corrected chi connectivity index (χ1v) is 9.18. The highest BCUT2D eigenvalue weighted by Gasteiger charge is 2.53. The van der Waals surface area contributed by atoms with Crippen LogP contribution in [0.4, 0.5) is 9.18 Å². The van der Waals surface area contributed by atoms with Crippen LogP contribution in [-0.2, 0) is 16.9 Å². The summed E-state index contributed by atoms with van der Waals surface area (Å²) in [5.74, 6) is -1.08. The maximum Gasteiger partial charge on any atom is 0.322 e. The van der Waals surface area contributed by atoms with Crippen molar-refractivity contribution in [3.8, 4) is 5.75 Å². The summed E-state index contributed by atoms with van der Waals surface area (Å²) < 4.78 is 25.5. The number of carbonyl (C=O) groups is 2. The number of amides is 3. The van der Waals surface area contributed by atoms with Crippen LogP contribution >= 0.6 is 0 Å². The zero-order valence-electron chi connectivity index (χ0n) is 15.8. The number of aliphatic hydroxyl groups excluding tert-OH is 1. The summed E-state index contributed by atoms with van der Waals surface area (Å²) in [4.78, 5) is 30.3. The molecule has 4 heterocycles. The number of benzene rings is 1. The van der Waals surface area contributed by atoms with Gasteiger partial charge in [-0.1, -0.05) is 6.07 Å². The SMILES string of the molecule is COc1ccc2c(c1F)C(O)N(C[C@@]1(c3cc4ccncc4o3)NC(=O)NC1=O)C2. The fourth-order valence-corrected chi connectivity index (χ4v) is 4.07. The molecule has 3 amide bonds. The number of furan rings is 1. The lowest BCUT2D eigenvalue weighted by Gasteiger charge is -2.30. The van der Waals surface area contributed by atoms with Crippen molar-refractivity contribution in [3.63, 3.8) is 0 Å². The molecule has 0 saturated carbocycles. The molecular formula is C20H17FN4O5. The first-order chi connectivity index (χ1) is 14.4. The van der Waals surface area contributed by atoms with Crippen LogP contribution in [0.5, 0.6) is 5.75 Å². The summed E-state index contributed by atoms with van der Waals surface area (Å²) in [6.07, 6.45) is 1.76. The van der Waals surface area contributed by atoms with Crippen LogP contribution in [0.2, 0.25) is 0 Å². The summed E-state index contributed by atoms with van der Waals surface area (Å²) in [6, 6.07) is 5.82. The number of nitrogens with one attached hydrogen (secondary N) is 2. The molecule has 2 atom stereocenters. The number of aromatic nitrogens is 1. The first-order valence-electron chi connectivity index (χ1n) is 9.18. The molecule has 0 bridgehead atoms. The van der Waals surface area contributed by atoms with E-state index in [1.165, 1.54) is 24.3 Å². The number of halogens is 1. The molecule has 10 heteroatoms. The van der Waals surface area contributed by atoms with Gasteiger partial charge in [0.2, 0.25) is 0 Å². The second kappa shape index (κ2) is 6.51. The highest BCUT2D eigenvalue weighted by molar-refractivity contribution is 6.07. The third-order valence-corrected chi connectivity index (χ3v) is 5.56. The minimum atomic E-state index is -1.60. The van der Waals surface area contributed by atoms with E-state index in [-0.39, 0.29) is 30.2 Å². The number of urea groups is 1. The number of imide groups is 1. The van der Waals surface area contributed by atoms with Gasteiger partial charge in [-0.25, -0.2) is 9.18 Å². The molecule has 2 aliphatic rings. The smallest absolute Gasteiger partial charge is 0.322 e. The zero-order chi connectivity index (χ0) is 21.0. The molecule has 0 aliphatic carbocycles. The van der Waals surface area contributed by atoms with Crippen molar-refractivity contribution in [3.05, 3.63) is 59.4 Å². The Bertz CT molecular complexity index is 1160. The average Bonchev–Trinajstić information content (AvgIpc) is 3.37. The summed E-state index contributed by atoms with van der Waals surface area (Å²) >= 11 is 0. The second-order valence-corrected chi connectivity index (χ2v) is 7.27. The number of methoxy groups -OCH3 is 1. The monoisotopic (exact) mass is 412 g/mol. The third kappa shape index (κ3) is 2.57. The molecule has 5 rings (SSSR count). The van der Waals surface area contributed by atoms with Gasteiger partial charge in [-0.3, -0.25) is 20.0 Å². The van der Waals surface area contributed by atoms with E-state index in [1.54, 1.807) is 24.4 Å². The molecule has 1 fully saturated rings. The number of ether oxygens (including phenoxy) is 1. The van der Waals surface area contributed by atoms with Gasteiger partial charge in [0, 0.05) is 30.2 Å². The largest absolute Gasteiger partial charge is 0.494 e. The minimum Gasteiger partial charge on any atom is -0.494 e. The summed E-state index contributed by atoms with van der Waals surface area (Å²) in [7, 11) is 1.34. The fourth-order valence-electron chi connectivity index (χ4n) is 4.07. The molecule has 2 aromatic heterocycles. The van der Waals surface area contributed by atoms with E-state index < -0.39 is 29.5 Å². The number of carbonyl (C=O) groups excluding carboxylic acids is 2. The number of aliphatic hydroxyl groups is 1. The van der Waals surface area contributed by atoms with Crippen LogP contribution < -0.4 is 15.4 Å². The van der Waals surface area contributed by atoms with Crippen molar-refractivity contribution < 1.29 is 28.2 Å². The van der Waals surface area contributed by atoms with Crippen molar-refractivity contribution in [1.82, 2.24) is 20.5 Å². The molecule has 1 aromatic carbocycles. The van der Waals surface area contributed by atoms with Gasteiger partial charge in [0.15, 0.2) is 22.7 Å². The Labute approximate surface area is 169 Å². The lowest BCUT2D eigenvalue weighted by atomic mass is 9.95. The number of hydrogen-bond donors (Lipinski definition) is 3. The maximum atomic E-state index is 14.7. The van der Waals surface area contributed by atoms with Gasteiger partial charge in [0.05, 0.1) is 13.3 Å². The van der Waals surface area contributed by atoms with Gasteiger partial charge in [0.1, 0.15) is 12.0 Å². The molecule has 1 saturated heterocycles. The first kappa shape index (κ1) is 18.5. The predicted molar refractivity (Wildman–Crippen MR) is 101 cm³/mol. The van der Waals surface area contributed by atoms with E-state index >= 15 is 0 Å². The number of hydrogen-bond acceptors (Lipinski definition) is 7. The fraction of sp³-hybridized carbons (Fsp3) is 0.250. The summed E-state index contributed by atoms with van der Waals surface area (Å²) in [5, 5.41) is 16.3. The van der Waals surface area contributed by atoms with E-state index in [0.29, 0.717) is 16.5 Å². The predicted octanol–water partition coefficient (Wildman–Crippen LogP) is 1.52. The molecule has 154 valence electrons. The van der Waals surface area contributed by atoms with Crippen LogP contribution in [0.1, 0.15) is 23.1 Å². The van der Waals surface area contributed by atoms with E-state index in [4.69, 9.17) is 9.15 Å². The Morgan fingerprint density at radius 3 is 2.93 bits per heavy atom. The standard InChI is InChI=1S/C20H17FN4O5/c1-29-12-3-2-11-8-25(17(26)15(11)16(12)21)9-20(18(27)23-19(28)24-20)14-6-10-4-5-22-7-13(10)30-14/h2-7,17,26H,8-9H2,1H3,(H2,23,24,27,28)/t17?,20-/m0/s1. The minimum absolute atomic E-state index is 0.0149. The Kier molecular flexibility index (Phi) is 4.02. The molecule has 2 aliphatic heterocycles. The van der Waals surface area contributed by atoms with Gasteiger partial charge in [-0.2, -0.15) is 0 Å². The van der Waals surface area contributed by atoms with Gasteiger partial charge in [-0.15, -0.1) is 0 Å². The number of pyridine rings is 1. The lowest BCUT2D eigenvalue weighted by molar-refractivity contribution is -0.127. The zero-order valence-corrected chi connectivity index (χ0v) is 15.8. The highest BCUT2D eigenvalue weighted by Crippen LogP contribution is 2.40. The Morgan fingerprint density at radius 1 is 1.40 bits per heavy atom. The van der Waals surface area contributed by atoms with E-state index in [1.807, 2.05) is 0 Å². The number of nitrogens with zero attached hydrogens (tertiary/aromatic N) is 2. The molecule has 0 radical (unpaired) electrons.